The normalized spacial score (nSPS) is 14.8. The third kappa shape index (κ3) is 3.93. The predicted octanol–water partition coefficient (Wildman–Crippen LogP) is 1.84. The minimum Gasteiger partial charge on any atom is -1.00 e. The minimum absolute atomic E-state index is 0. The van der Waals surface area contributed by atoms with Crippen LogP contribution >= 0.6 is 0 Å². The van der Waals surface area contributed by atoms with Crippen molar-refractivity contribution in [3.05, 3.63) is 89.5 Å². The van der Waals surface area contributed by atoms with Crippen LogP contribution in [0.3, 0.4) is 0 Å². The molecule has 0 nitrogen and oxygen atoms in total. The van der Waals surface area contributed by atoms with Gasteiger partial charge in [-0.2, -0.15) is 0 Å². The first-order valence-corrected chi connectivity index (χ1v) is 11.6. The van der Waals surface area contributed by atoms with Gasteiger partial charge in [-0.3, -0.25) is 0 Å². The van der Waals surface area contributed by atoms with Gasteiger partial charge in [-0.1, -0.05) is 0 Å². The van der Waals surface area contributed by atoms with E-state index < -0.39 is 0 Å². The van der Waals surface area contributed by atoms with Crippen LogP contribution in [0.1, 0.15) is 40.9 Å². The van der Waals surface area contributed by atoms with Crippen LogP contribution in [0.25, 0.3) is 38.7 Å². The summed E-state index contributed by atoms with van der Waals surface area (Å²) in [6, 6.07) is 26.9. The van der Waals surface area contributed by atoms with Crippen LogP contribution in [-0.2, 0) is 24.7 Å². The smallest absolute Gasteiger partial charge is 1.00 e. The van der Waals surface area contributed by atoms with Gasteiger partial charge >= 0.3 is 183 Å². The summed E-state index contributed by atoms with van der Waals surface area (Å²) in [6.45, 7) is 2.29. The molecule has 0 saturated carbocycles. The molecule has 4 aromatic rings. The molecule has 149 valence electrons. The van der Waals surface area contributed by atoms with E-state index in [-0.39, 0.29) is 24.8 Å². The molecular formula is C27H23Cl2Zr. The second-order valence-corrected chi connectivity index (χ2v) is 9.17. The van der Waals surface area contributed by atoms with E-state index >= 15 is 0 Å². The van der Waals surface area contributed by atoms with Crippen LogP contribution in [0.15, 0.2) is 78.4 Å². The maximum atomic E-state index is 2.50. The first kappa shape index (κ1) is 23.3. The Hall–Kier alpha value is -1.40. The molecule has 5 rings (SSSR count). The number of allylic oxidation sites excluding steroid dienone is 1. The molecule has 0 aromatic heterocycles. The second kappa shape index (κ2) is 9.82. The van der Waals surface area contributed by atoms with Crippen LogP contribution in [0.2, 0.25) is 0 Å². The molecule has 0 N–H and O–H groups in total. The predicted molar refractivity (Wildman–Crippen MR) is 117 cm³/mol. The first-order valence-electron chi connectivity index (χ1n) is 10.2. The number of unbranched alkanes of at least 4 members (excludes halogenated alkanes) is 1. The fourth-order valence-electron chi connectivity index (χ4n) is 4.57. The molecule has 0 fully saturated rings. The zero-order chi connectivity index (χ0) is 19.1. The van der Waals surface area contributed by atoms with E-state index in [4.69, 9.17) is 0 Å². The topological polar surface area (TPSA) is 0 Å². The molecule has 0 saturated heterocycles. The summed E-state index contributed by atoms with van der Waals surface area (Å²) in [5, 5.41) is 5.36. The van der Waals surface area contributed by atoms with Crippen LogP contribution in [-0.4, -0.2) is 0 Å². The maximum absolute atomic E-state index is 2.50. The fraction of sp³-hybridized carbons (Fsp3) is 0.185. The van der Waals surface area contributed by atoms with Crippen molar-refractivity contribution in [1.82, 2.24) is 0 Å². The Morgan fingerprint density at radius 1 is 0.767 bits per heavy atom. The van der Waals surface area contributed by atoms with E-state index in [1.54, 1.807) is 30.3 Å². The van der Waals surface area contributed by atoms with Crippen molar-refractivity contribution in [2.45, 2.75) is 29.8 Å². The van der Waals surface area contributed by atoms with Gasteiger partial charge in [0.05, 0.1) is 0 Å². The molecule has 4 aromatic carbocycles. The fourth-order valence-corrected chi connectivity index (χ4v) is 5.75. The van der Waals surface area contributed by atoms with Gasteiger partial charge in [-0.05, 0) is 0 Å². The molecule has 3 heteroatoms. The molecule has 0 amide bonds. The number of hydrogen-bond donors (Lipinski definition) is 0. The van der Waals surface area contributed by atoms with Gasteiger partial charge in [-0.25, -0.2) is 0 Å². The van der Waals surface area contributed by atoms with E-state index in [1.807, 2.05) is 0 Å². The molecular weight excluding hydrogens is 486 g/mol. The Labute approximate surface area is 206 Å². The molecule has 1 atom stereocenters. The Balaban J connectivity index is 0.00000128. The Morgan fingerprint density at radius 2 is 1.47 bits per heavy atom. The molecule has 0 bridgehead atoms. The maximum Gasteiger partial charge on any atom is -1.00 e. The van der Waals surface area contributed by atoms with Gasteiger partial charge in [0.25, 0.3) is 0 Å². The van der Waals surface area contributed by atoms with Crippen LogP contribution in [0.5, 0.6) is 0 Å². The number of rotatable bonds is 4. The van der Waals surface area contributed by atoms with Crippen molar-refractivity contribution in [3.8, 4) is 11.1 Å². The standard InChI is InChI=1S/C27H23.2ClH.Zr/c1-2-3-9-19-16-20-11-8-15-25(26(20)17-19)27-18-21-10-4-5-12-22(21)23-13-6-7-14-24(23)27;;;/h4-8,10-18H,2-3,9H2,1H3;2*1H;/q;;;+2/p-2. The first-order chi connectivity index (χ1) is 13.8. The van der Waals surface area contributed by atoms with Gasteiger partial charge in [-0.15, -0.1) is 0 Å². The second-order valence-electron chi connectivity index (χ2n) is 7.76. The summed E-state index contributed by atoms with van der Waals surface area (Å²) in [6.07, 6.45) is 6.29. The Bertz CT molecular complexity index is 1230. The van der Waals surface area contributed by atoms with Crippen LogP contribution in [0, 0.1) is 0 Å². The van der Waals surface area contributed by atoms with E-state index in [0.717, 1.165) is 0 Å². The summed E-state index contributed by atoms with van der Waals surface area (Å²) in [4.78, 5) is 0. The minimum atomic E-state index is 0. The molecule has 1 unspecified atom stereocenters. The summed E-state index contributed by atoms with van der Waals surface area (Å²) in [7, 11) is 0. The zero-order valence-corrected chi connectivity index (χ0v) is 20.9. The molecule has 0 aliphatic heterocycles. The number of fused-ring (bicyclic) bond motifs is 4. The summed E-state index contributed by atoms with van der Waals surface area (Å²) < 4.78 is 0.625. The third-order valence-corrected chi connectivity index (χ3v) is 7.70. The Morgan fingerprint density at radius 3 is 2.23 bits per heavy atom. The van der Waals surface area contributed by atoms with Crippen molar-refractivity contribution in [2.75, 3.05) is 0 Å². The molecule has 0 spiro atoms. The van der Waals surface area contributed by atoms with Crippen molar-refractivity contribution in [2.24, 2.45) is 0 Å². The monoisotopic (exact) mass is 507 g/mol. The molecule has 30 heavy (non-hydrogen) atoms. The van der Waals surface area contributed by atoms with Crippen LogP contribution in [0.4, 0.5) is 0 Å². The Kier molecular flexibility index (Phi) is 7.62. The van der Waals surface area contributed by atoms with Gasteiger partial charge in [0.15, 0.2) is 0 Å². The summed E-state index contributed by atoms with van der Waals surface area (Å²) in [5.41, 5.74) is 7.36. The van der Waals surface area contributed by atoms with Crippen molar-refractivity contribution < 1.29 is 49.5 Å². The van der Waals surface area contributed by atoms with Gasteiger partial charge < -0.3 is 24.8 Å². The van der Waals surface area contributed by atoms with Crippen LogP contribution < -0.4 is 24.8 Å². The third-order valence-electron chi connectivity index (χ3n) is 6.03. The number of hydrogen-bond acceptors (Lipinski definition) is 0. The molecule has 0 heterocycles. The van der Waals surface area contributed by atoms with Crippen molar-refractivity contribution in [3.63, 3.8) is 0 Å². The van der Waals surface area contributed by atoms with E-state index in [0.29, 0.717) is 3.63 Å². The SMILES string of the molecule is CCCCC1=Cc2c(-c3cc4ccccc4c4ccccc34)cccc2[CH]1[Zr+2].[Cl-].[Cl-]. The summed E-state index contributed by atoms with van der Waals surface area (Å²) in [5.74, 6) is 0. The average molecular weight is 510 g/mol. The van der Waals surface area contributed by atoms with E-state index in [1.165, 1.54) is 63.1 Å². The van der Waals surface area contributed by atoms with Gasteiger partial charge in [0.2, 0.25) is 0 Å². The van der Waals surface area contributed by atoms with Gasteiger partial charge in [0, 0.05) is 0 Å². The molecule has 1 aliphatic carbocycles. The van der Waals surface area contributed by atoms with E-state index in [9.17, 15) is 0 Å². The zero-order valence-electron chi connectivity index (χ0n) is 17.0. The van der Waals surface area contributed by atoms with Crippen molar-refractivity contribution >= 4 is 27.6 Å². The number of benzene rings is 4. The molecule has 0 radical (unpaired) electrons. The van der Waals surface area contributed by atoms with Gasteiger partial charge in [0.1, 0.15) is 0 Å². The quantitative estimate of drug-likeness (QED) is 0.369. The summed E-state index contributed by atoms with van der Waals surface area (Å²) >= 11 is 1.61. The van der Waals surface area contributed by atoms with Crippen molar-refractivity contribution in [1.29, 1.82) is 0 Å². The largest absolute Gasteiger partial charge is 1.00 e. The van der Waals surface area contributed by atoms with E-state index in [2.05, 4.69) is 85.8 Å². The molecule has 1 aliphatic rings. The number of halogens is 2. The average Bonchev–Trinajstić information content (AvgIpc) is 3.07.